The molecule has 0 saturated carbocycles. The van der Waals surface area contributed by atoms with Gasteiger partial charge in [-0.05, 0) is 13.8 Å². The van der Waals surface area contributed by atoms with Crippen LogP contribution in [0.3, 0.4) is 0 Å². The molecule has 0 radical (unpaired) electrons. The number of esters is 1. The van der Waals surface area contributed by atoms with Crippen molar-refractivity contribution in [3.8, 4) is 0 Å². The average Bonchev–Trinajstić information content (AvgIpc) is 2.19. The largest absolute Gasteiger partial charge is 0.478 e. The zero-order valence-corrected chi connectivity index (χ0v) is 9.53. The molecule has 0 atom stereocenters. The van der Waals surface area contributed by atoms with Crippen LogP contribution < -0.4 is 0 Å². The number of carboxylic acids is 1. The maximum Gasteiger partial charge on any atom is 0.338 e. The van der Waals surface area contributed by atoms with Crippen molar-refractivity contribution >= 4 is 11.9 Å². The highest BCUT2D eigenvalue weighted by Gasteiger charge is 2.00. The van der Waals surface area contributed by atoms with Gasteiger partial charge in [0.05, 0.1) is 6.26 Å². The molecule has 4 nitrogen and oxygen atoms in total. The third-order valence-corrected chi connectivity index (χ3v) is 1.25. The molecule has 0 amide bonds. The first kappa shape index (κ1) is 16.3. The minimum Gasteiger partial charge on any atom is -0.478 e. The van der Waals surface area contributed by atoms with Crippen molar-refractivity contribution in [1.29, 1.82) is 0 Å². The lowest BCUT2D eigenvalue weighted by molar-refractivity contribution is -0.134. The molecule has 16 heavy (non-hydrogen) atoms. The summed E-state index contributed by atoms with van der Waals surface area (Å²) in [5, 5.41) is 7.89. The summed E-state index contributed by atoms with van der Waals surface area (Å²) in [6.45, 7) is 12.9. The molecule has 0 spiro atoms. The molecular weight excluding hydrogens is 208 g/mol. The van der Waals surface area contributed by atoms with Gasteiger partial charge in [0, 0.05) is 11.1 Å². The van der Waals surface area contributed by atoms with Crippen LogP contribution in [0.4, 0.5) is 0 Å². The van der Waals surface area contributed by atoms with Crippen LogP contribution in [0.25, 0.3) is 0 Å². The van der Waals surface area contributed by atoms with E-state index >= 15 is 0 Å². The van der Waals surface area contributed by atoms with Crippen molar-refractivity contribution in [3.63, 3.8) is 0 Å². The van der Waals surface area contributed by atoms with Crippen LogP contribution in [0.1, 0.15) is 13.8 Å². The number of hydrogen-bond donors (Lipinski definition) is 1. The molecule has 0 aliphatic heterocycles. The van der Waals surface area contributed by atoms with Crippen LogP contribution in [0.2, 0.25) is 0 Å². The highest BCUT2D eigenvalue weighted by molar-refractivity contribution is 5.88. The molecule has 0 rings (SSSR count). The fraction of sp³-hybridized carbons (Fsp3) is 0.167. The van der Waals surface area contributed by atoms with Crippen LogP contribution >= 0.6 is 0 Å². The van der Waals surface area contributed by atoms with E-state index in [9.17, 15) is 9.59 Å². The summed E-state index contributed by atoms with van der Waals surface area (Å²) in [5.74, 6) is -1.33. The third-order valence-electron chi connectivity index (χ3n) is 1.25. The minimum absolute atomic E-state index is 0.176. The van der Waals surface area contributed by atoms with Crippen molar-refractivity contribution in [1.82, 2.24) is 0 Å². The van der Waals surface area contributed by atoms with E-state index in [2.05, 4.69) is 24.5 Å². The van der Waals surface area contributed by atoms with E-state index in [-0.39, 0.29) is 5.57 Å². The molecule has 0 aliphatic carbocycles. The normalized spacial score (nSPS) is 9.25. The third kappa shape index (κ3) is 9.98. The lowest BCUT2D eigenvalue weighted by Crippen LogP contribution is -1.99. The van der Waals surface area contributed by atoms with E-state index in [0.29, 0.717) is 5.57 Å². The number of carboxylic acid groups (broad SMARTS) is 1. The second-order valence-corrected chi connectivity index (χ2v) is 2.74. The summed E-state index contributed by atoms with van der Waals surface area (Å²) in [4.78, 5) is 20.3. The summed E-state index contributed by atoms with van der Waals surface area (Å²) < 4.78 is 4.47. The average molecular weight is 224 g/mol. The summed E-state index contributed by atoms with van der Waals surface area (Å²) >= 11 is 0. The van der Waals surface area contributed by atoms with E-state index in [1.165, 1.54) is 13.0 Å². The first-order valence-corrected chi connectivity index (χ1v) is 4.36. The van der Waals surface area contributed by atoms with E-state index in [1.807, 2.05) is 0 Å². The van der Waals surface area contributed by atoms with E-state index in [1.54, 1.807) is 13.0 Å². The van der Waals surface area contributed by atoms with Crippen molar-refractivity contribution in [2.45, 2.75) is 13.8 Å². The smallest absolute Gasteiger partial charge is 0.338 e. The van der Waals surface area contributed by atoms with E-state index in [4.69, 9.17) is 5.11 Å². The van der Waals surface area contributed by atoms with Gasteiger partial charge in [0.2, 0.25) is 0 Å². The van der Waals surface area contributed by atoms with Gasteiger partial charge in [-0.15, -0.1) is 0 Å². The molecule has 0 aromatic rings. The summed E-state index contributed by atoms with van der Waals surface area (Å²) in [6, 6.07) is 0. The topological polar surface area (TPSA) is 63.6 Å². The summed E-state index contributed by atoms with van der Waals surface area (Å²) in [7, 11) is 0. The molecule has 0 aromatic heterocycles. The van der Waals surface area contributed by atoms with Crippen LogP contribution in [-0.2, 0) is 14.3 Å². The Morgan fingerprint density at radius 1 is 1.25 bits per heavy atom. The maximum atomic E-state index is 10.7. The number of hydrogen-bond acceptors (Lipinski definition) is 3. The Morgan fingerprint density at radius 3 is 1.94 bits per heavy atom. The van der Waals surface area contributed by atoms with Gasteiger partial charge in [-0.1, -0.05) is 31.9 Å². The maximum absolute atomic E-state index is 10.7. The van der Waals surface area contributed by atoms with Crippen molar-refractivity contribution in [3.05, 3.63) is 49.3 Å². The quantitative estimate of drug-likeness (QED) is 0.345. The highest BCUT2D eigenvalue weighted by atomic mass is 16.5. The Morgan fingerprint density at radius 2 is 1.69 bits per heavy atom. The van der Waals surface area contributed by atoms with Gasteiger partial charge in [-0.25, -0.2) is 9.59 Å². The molecule has 0 bridgehead atoms. The van der Waals surface area contributed by atoms with Gasteiger partial charge >= 0.3 is 11.9 Å². The molecular formula is C12H16O4. The summed E-state index contributed by atoms with van der Waals surface area (Å²) in [6.07, 6.45) is 4.20. The second-order valence-electron chi connectivity index (χ2n) is 2.74. The highest BCUT2D eigenvalue weighted by Crippen LogP contribution is 1.95. The Bertz CT molecular complexity index is 312. The number of ether oxygens (including phenoxy) is 1. The molecule has 0 aromatic carbocycles. The number of carbonyl (C=O) groups is 2. The lowest BCUT2D eigenvalue weighted by atomic mass is 10.3. The van der Waals surface area contributed by atoms with Crippen molar-refractivity contribution in [2.75, 3.05) is 0 Å². The predicted octanol–water partition coefficient (Wildman–Crippen LogP) is 2.45. The molecule has 4 heteroatoms. The predicted molar refractivity (Wildman–Crippen MR) is 62.7 cm³/mol. The fourth-order valence-electron chi connectivity index (χ4n) is 0.413. The van der Waals surface area contributed by atoms with Gasteiger partial charge in [-0.2, -0.15) is 0 Å². The van der Waals surface area contributed by atoms with Crippen LogP contribution in [0.5, 0.6) is 0 Å². The Balaban J connectivity index is 0. The van der Waals surface area contributed by atoms with Crippen LogP contribution in [0, 0.1) is 0 Å². The molecule has 0 aliphatic rings. The Kier molecular flexibility index (Phi) is 9.65. The number of allylic oxidation sites excluding steroid dienone is 2. The number of aliphatic carboxylic acids is 1. The molecule has 1 N–H and O–H groups in total. The van der Waals surface area contributed by atoms with E-state index < -0.39 is 11.9 Å². The van der Waals surface area contributed by atoms with Crippen molar-refractivity contribution < 1.29 is 19.4 Å². The SMILES string of the molecule is C=C(C)C(=O)O.C=CC=C(C)C(=O)OC=C. The van der Waals surface area contributed by atoms with Gasteiger partial charge in [0.25, 0.3) is 0 Å². The van der Waals surface area contributed by atoms with Crippen LogP contribution in [-0.4, -0.2) is 17.0 Å². The zero-order valence-electron chi connectivity index (χ0n) is 9.53. The molecule has 0 unspecified atom stereocenters. The van der Waals surface area contributed by atoms with Gasteiger partial charge in [0.1, 0.15) is 0 Å². The standard InChI is InChI=1S/C8H10O2.C4H6O2/c1-4-6-7(3)8(9)10-5-2;1-3(2)4(5)6/h4-6H,1-2H2,3H3;1H2,2H3,(H,5,6). The lowest BCUT2D eigenvalue weighted by Gasteiger charge is -1.95. The molecule has 0 fully saturated rings. The Labute approximate surface area is 95.2 Å². The monoisotopic (exact) mass is 224 g/mol. The molecule has 88 valence electrons. The van der Waals surface area contributed by atoms with Gasteiger partial charge < -0.3 is 9.84 Å². The van der Waals surface area contributed by atoms with Crippen molar-refractivity contribution in [2.24, 2.45) is 0 Å². The van der Waals surface area contributed by atoms with Gasteiger partial charge in [-0.3, -0.25) is 0 Å². The first-order chi connectivity index (χ1) is 7.36. The second kappa shape index (κ2) is 9.45. The number of carbonyl (C=O) groups excluding carboxylic acids is 1. The molecule has 0 heterocycles. The zero-order chi connectivity index (χ0) is 13.1. The van der Waals surface area contributed by atoms with Gasteiger partial charge in [0.15, 0.2) is 0 Å². The summed E-state index contributed by atoms with van der Waals surface area (Å²) in [5.41, 5.74) is 0.685. The molecule has 0 saturated heterocycles. The fourth-order valence-corrected chi connectivity index (χ4v) is 0.413. The first-order valence-electron chi connectivity index (χ1n) is 4.36. The number of rotatable bonds is 4. The van der Waals surface area contributed by atoms with Crippen LogP contribution in [0.15, 0.2) is 49.3 Å². The van der Waals surface area contributed by atoms with E-state index in [0.717, 1.165) is 6.26 Å². The minimum atomic E-state index is -0.935. The Hall–Kier alpha value is -2.10.